The van der Waals surface area contributed by atoms with Crippen molar-refractivity contribution in [2.45, 2.75) is 25.3 Å². The molecule has 9 heteroatoms. The Morgan fingerprint density at radius 2 is 2.20 bits per heavy atom. The summed E-state index contributed by atoms with van der Waals surface area (Å²) in [6, 6.07) is 7.94. The molecule has 1 atom stereocenters. The molecule has 0 radical (unpaired) electrons. The maximum absolute atomic E-state index is 6.17. The molecule has 132 valence electrons. The molecule has 1 aliphatic rings. The zero-order valence-electron chi connectivity index (χ0n) is 13.4. The van der Waals surface area contributed by atoms with E-state index in [2.05, 4.69) is 25.5 Å². The quantitative estimate of drug-likeness (QED) is 0.749. The molecule has 3 heterocycles. The minimum Gasteiger partial charge on any atom is -0.330 e. The number of hydrogen-bond donors (Lipinski definition) is 1. The van der Waals surface area contributed by atoms with Gasteiger partial charge in [0.25, 0.3) is 5.89 Å². The zero-order chi connectivity index (χ0) is 16.4. The van der Waals surface area contributed by atoms with Gasteiger partial charge in [-0.2, -0.15) is 4.98 Å². The van der Waals surface area contributed by atoms with Crippen molar-refractivity contribution in [1.82, 2.24) is 30.2 Å². The van der Waals surface area contributed by atoms with E-state index in [1.54, 1.807) is 6.33 Å². The Labute approximate surface area is 156 Å². The maximum Gasteiger partial charge on any atom is 0.297 e. The van der Waals surface area contributed by atoms with Gasteiger partial charge in [0.1, 0.15) is 6.33 Å². The zero-order valence-corrected chi connectivity index (χ0v) is 15.0. The van der Waals surface area contributed by atoms with Crippen molar-refractivity contribution in [3.63, 3.8) is 0 Å². The molecule has 0 bridgehead atoms. The molecule has 1 aromatic carbocycles. The van der Waals surface area contributed by atoms with Gasteiger partial charge in [0.15, 0.2) is 5.82 Å². The highest BCUT2D eigenvalue weighted by molar-refractivity contribution is 6.31. The SMILES string of the molecule is Cl.Clc1ccccc1Cc1noc(-c2ncn(C3CCCNC3)n2)n1. The number of rotatable bonds is 4. The van der Waals surface area contributed by atoms with E-state index in [4.69, 9.17) is 16.1 Å². The van der Waals surface area contributed by atoms with E-state index in [-0.39, 0.29) is 12.4 Å². The van der Waals surface area contributed by atoms with Crippen LogP contribution in [0.1, 0.15) is 30.3 Å². The van der Waals surface area contributed by atoms with E-state index < -0.39 is 0 Å². The maximum atomic E-state index is 6.17. The Hall–Kier alpha value is -1.96. The van der Waals surface area contributed by atoms with Crippen LogP contribution in [0.2, 0.25) is 5.02 Å². The topological polar surface area (TPSA) is 81.7 Å². The van der Waals surface area contributed by atoms with Gasteiger partial charge in [-0.25, -0.2) is 9.67 Å². The number of hydrogen-bond acceptors (Lipinski definition) is 6. The summed E-state index contributed by atoms with van der Waals surface area (Å²) in [7, 11) is 0. The second-order valence-electron chi connectivity index (χ2n) is 5.83. The molecule has 1 N–H and O–H groups in total. The number of aromatic nitrogens is 5. The Bertz CT molecular complexity index is 827. The molecule has 1 unspecified atom stereocenters. The third kappa shape index (κ3) is 4.00. The molecule has 1 fully saturated rings. The predicted molar refractivity (Wildman–Crippen MR) is 96.0 cm³/mol. The van der Waals surface area contributed by atoms with Crippen molar-refractivity contribution in [1.29, 1.82) is 0 Å². The highest BCUT2D eigenvalue weighted by Crippen LogP contribution is 2.20. The fraction of sp³-hybridized carbons (Fsp3) is 0.375. The number of piperidine rings is 1. The molecule has 2 aromatic heterocycles. The lowest BCUT2D eigenvalue weighted by Gasteiger charge is -2.22. The summed E-state index contributed by atoms with van der Waals surface area (Å²) in [6.45, 7) is 1.97. The van der Waals surface area contributed by atoms with Crippen LogP contribution in [-0.4, -0.2) is 38.0 Å². The summed E-state index contributed by atoms with van der Waals surface area (Å²) in [5.41, 5.74) is 0.957. The van der Waals surface area contributed by atoms with Gasteiger partial charge in [-0.05, 0) is 31.0 Å². The minimum atomic E-state index is 0. The third-order valence-electron chi connectivity index (χ3n) is 4.12. The van der Waals surface area contributed by atoms with Crippen LogP contribution >= 0.6 is 24.0 Å². The molecule has 1 aliphatic heterocycles. The molecule has 4 rings (SSSR count). The van der Waals surface area contributed by atoms with Gasteiger partial charge in [-0.1, -0.05) is 35.0 Å². The summed E-state index contributed by atoms with van der Waals surface area (Å²) in [5.74, 6) is 1.35. The van der Waals surface area contributed by atoms with E-state index in [0.29, 0.717) is 35.0 Å². The molecular formula is C16H18Cl2N6O. The lowest BCUT2D eigenvalue weighted by atomic mass is 10.1. The highest BCUT2D eigenvalue weighted by atomic mass is 35.5. The fourth-order valence-corrected chi connectivity index (χ4v) is 3.04. The number of nitrogens with zero attached hydrogens (tertiary/aromatic N) is 5. The van der Waals surface area contributed by atoms with E-state index in [1.807, 2.05) is 28.9 Å². The Morgan fingerprint density at radius 1 is 1.32 bits per heavy atom. The smallest absolute Gasteiger partial charge is 0.297 e. The van der Waals surface area contributed by atoms with Gasteiger partial charge in [-0.15, -0.1) is 17.5 Å². The number of benzene rings is 1. The van der Waals surface area contributed by atoms with Crippen molar-refractivity contribution < 1.29 is 4.52 Å². The average Bonchev–Trinajstić information content (AvgIpc) is 3.27. The van der Waals surface area contributed by atoms with E-state index in [9.17, 15) is 0 Å². The molecule has 0 spiro atoms. The van der Waals surface area contributed by atoms with Crippen LogP contribution in [0.5, 0.6) is 0 Å². The van der Waals surface area contributed by atoms with Crippen molar-refractivity contribution >= 4 is 24.0 Å². The first-order valence-electron chi connectivity index (χ1n) is 7.98. The number of halogens is 2. The van der Waals surface area contributed by atoms with Crippen LogP contribution < -0.4 is 5.32 Å². The Balaban J connectivity index is 0.00000182. The molecule has 0 aliphatic carbocycles. The summed E-state index contributed by atoms with van der Waals surface area (Å²) >= 11 is 6.17. The van der Waals surface area contributed by atoms with E-state index in [1.165, 1.54) is 0 Å². The normalized spacial score (nSPS) is 17.2. The van der Waals surface area contributed by atoms with Gasteiger partial charge in [0.05, 0.1) is 6.04 Å². The van der Waals surface area contributed by atoms with Crippen molar-refractivity contribution in [2.75, 3.05) is 13.1 Å². The summed E-state index contributed by atoms with van der Waals surface area (Å²) in [6.07, 6.45) is 4.47. The van der Waals surface area contributed by atoms with E-state index in [0.717, 1.165) is 31.5 Å². The first kappa shape index (κ1) is 17.8. The molecule has 3 aromatic rings. The lowest BCUT2D eigenvalue weighted by Crippen LogP contribution is -2.31. The molecule has 0 amide bonds. The lowest BCUT2D eigenvalue weighted by molar-refractivity contribution is 0.345. The van der Waals surface area contributed by atoms with Crippen molar-refractivity contribution in [3.05, 3.63) is 47.0 Å². The van der Waals surface area contributed by atoms with Crippen LogP contribution in [0, 0.1) is 0 Å². The Kier molecular flexibility index (Phi) is 5.67. The third-order valence-corrected chi connectivity index (χ3v) is 4.49. The molecule has 0 saturated carbocycles. The van der Waals surface area contributed by atoms with Crippen LogP contribution in [0.3, 0.4) is 0 Å². The van der Waals surface area contributed by atoms with Gasteiger partial charge in [0, 0.05) is 18.0 Å². The molecular weight excluding hydrogens is 363 g/mol. The second kappa shape index (κ2) is 7.95. The monoisotopic (exact) mass is 380 g/mol. The van der Waals surface area contributed by atoms with Gasteiger partial charge >= 0.3 is 0 Å². The molecule has 25 heavy (non-hydrogen) atoms. The largest absolute Gasteiger partial charge is 0.330 e. The van der Waals surface area contributed by atoms with Crippen LogP contribution in [0.4, 0.5) is 0 Å². The highest BCUT2D eigenvalue weighted by Gasteiger charge is 2.19. The molecule has 1 saturated heterocycles. The van der Waals surface area contributed by atoms with E-state index >= 15 is 0 Å². The van der Waals surface area contributed by atoms with Crippen LogP contribution in [-0.2, 0) is 6.42 Å². The Morgan fingerprint density at radius 3 is 3.00 bits per heavy atom. The predicted octanol–water partition coefficient (Wildman–Crippen LogP) is 2.92. The minimum absolute atomic E-state index is 0. The first-order valence-corrected chi connectivity index (χ1v) is 8.35. The van der Waals surface area contributed by atoms with Crippen molar-refractivity contribution in [2.24, 2.45) is 0 Å². The number of nitrogens with one attached hydrogen (secondary N) is 1. The standard InChI is InChI=1S/C16H17ClN6O.ClH/c17-13-6-2-1-4-11(13)8-14-20-16(24-22-14)15-19-10-23(21-15)12-5-3-7-18-9-12;/h1-2,4,6,10,12,18H,3,5,7-9H2;1H. The molecule has 7 nitrogen and oxygen atoms in total. The van der Waals surface area contributed by atoms with Crippen LogP contribution in [0.25, 0.3) is 11.7 Å². The summed E-state index contributed by atoms with van der Waals surface area (Å²) in [4.78, 5) is 8.69. The second-order valence-corrected chi connectivity index (χ2v) is 6.24. The van der Waals surface area contributed by atoms with Crippen molar-refractivity contribution in [3.8, 4) is 11.7 Å². The summed E-state index contributed by atoms with van der Waals surface area (Å²) < 4.78 is 7.18. The van der Waals surface area contributed by atoms with Gasteiger partial charge in [-0.3, -0.25) is 0 Å². The fourth-order valence-electron chi connectivity index (χ4n) is 2.84. The van der Waals surface area contributed by atoms with Gasteiger partial charge < -0.3 is 9.84 Å². The van der Waals surface area contributed by atoms with Crippen LogP contribution in [0.15, 0.2) is 35.1 Å². The van der Waals surface area contributed by atoms with Gasteiger partial charge in [0.2, 0.25) is 5.82 Å². The average molecular weight is 381 g/mol. The summed E-state index contributed by atoms with van der Waals surface area (Å²) in [5, 5.41) is 12.5. The first-order chi connectivity index (χ1) is 11.8.